The zero-order valence-electron chi connectivity index (χ0n) is 9.78. The molecule has 0 atom stereocenters. The Labute approximate surface area is 95.5 Å². The van der Waals surface area contributed by atoms with Gasteiger partial charge in [0.15, 0.2) is 0 Å². The Kier molecular flexibility index (Phi) is 2.86. The number of hydrogen-bond donors (Lipinski definition) is 1. The Hall–Kier alpha value is -1.90. The molecular formula is C13H15N3. The van der Waals surface area contributed by atoms with Crippen LogP contribution in [0.25, 0.3) is 11.1 Å². The molecule has 16 heavy (non-hydrogen) atoms. The van der Waals surface area contributed by atoms with Gasteiger partial charge in [-0.1, -0.05) is 18.2 Å². The van der Waals surface area contributed by atoms with Gasteiger partial charge in [0.1, 0.15) is 0 Å². The van der Waals surface area contributed by atoms with E-state index < -0.39 is 0 Å². The molecule has 0 fully saturated rings. The van der Waals surface area contributed by atoms with Gasteiger partial charge in [0, 0.05) is 23.9 Å². The molecule has 3 heteroatoms. The molecule has 0 unspecified atom stereocenters. The van der Waals surface area contributed by atoms with Crippen molar-refractivity contribution < 1.29 is 0 Å². The first-order valence-corrected chi connectivity index (χ1v) is 5.30. The third-order valence-corrected chi connectivity index (χ3v) is 2.83. The smallest absolute Gasteiger partial charge is 0.0635 e. The second-order valence-electron chi connectivity index (χ2n) is 3.76. The van der Waals surface area contributed by atoms with Gasteiger partial charge in [-0.25, -0.2) is 0 Å². The molecule has 0 aliphatic carbocycles. The number of aromatic nitrogens is 2. The predicted octanol–water partition coefficient (Wildman–Crippen LogP) is 2.80. The van der Waals surface area contributed by atoms with E-state index >= 15 is 0 Å². The molecule has 0 aliphatic heterocycles. The summed E-state index contributed by atoms with van der Waals surface area (Å²) in [6.07, 6.45) is 1.82. The standard InChI is InChI=1S/C13H15N3/c1-9-10(2)16-15-8-12(9)11-6-4-5-7-13(11)14-3/h4-8,14H,1-3H3. The third kappa shape index (κ3) is 1.76. The summed E-state index contributed by atoms with van der Waals surface area (Å²) in [4.78, 5) is 0. The number of nitrogens with one attached hydrogen (secondary N) is 1. The maximum Gasteiger partial charge on any atom is 0.0635 e. The van der Waals surface area contributed by atoms with Crippen molar-refractivity contribution in [1.82, 2.24) is 10.2 Å². The van der Waals surface area contributed by atoms with Crippen molar-refractivity contribution in [2.45, 2.75) is 13.8 Å². The van der Waals surface area contributed by atoms with E-state index in [0.29, 0.717) is 0 Å². The van der Waals surface area contributed by atoms with Crippen molar-refractivity contribution in [3.63, 3.8) is 0 Å². The molecule has 2 rings (SSSR count). The molecule has 0 spiro atoms. The Balaban J connectivity index is 2.63. The van der Waals surface area contributed by atoms with E-state index in [2.05, 4.69) is 34.6 Å². The van der Waals surface area contributed by atoms with Crippen molar-refractivity contribution in [2.75, 3.05) is 12.4 Å². The minimum absolute atomic E-state index is 0.975. The fraction of sp³-hybridized carbons (Fsp3) is 0.231. The van der Waals surface area contributed by atoms with Crippen molar-refractivity contribution >= 4 is 5.69 Å². The minimum atomic E-state index is 0.975. The number of rotatable bonds is 2. The van der Waals surface area contributed by atoms with E-state index in [1.807, 2.05) is 32.3 Å². The van der Waals surface area contributed by atoms with Crippen LogP contribution >= 0.6 is 0 Å². The van der Waals surface area contributed by atoms with Crippen LogP contribution < -0.4 is 5.32 Å². The molecule has 0 bridgehead atoms. The van der Waals surface area contributed by atoms with Crippen LogP contribution in [0.5, 0.6) is 0 Å². The zero-order chi connectivity index (χ0) is 11.5. The van der Waals surface area contributed by atoms with Gasteiger partial charge in [-0.05, 0) is 25.5 Å². The lowest BCUT2D eigenvalue weighted by atomic mass is 10.0. The molecule has 1 aromatic heterocycles. The van der Waals surface area contributed by atoms with E-state index in [9.17, 15) is 0 Å². The Morgan fingerprint density at radius 2 is 1.81 bits per heavy atom. The molecule has 1 aromatic carbocycles. The first kappa shape index (κ1) is 10.6. The number of hydrogen-bond acceptors (Lipinski definition) is 3. The summed E-state index contributed by atoms with van der Waals surface area (Å²) in [7, 11) is 1.93. The van der Waals surface area contributed by atoms with Crippen molar-refractivity contribution in [1.29, 1.82) is 0 Å². The highest BCUT2D eigenvalue weighted by molar-refractivity contribution is 5.79. The predicted molar refractivity (Wildman–Crippen MR) is 66.5 cm³/mol. The van der Waals surface area contributed by atoms with Crippen LogP contribution in [-0.4, -0.2) is 17.2 Å². The van der Waals surface area contributed by atoms with E-state index in [0.717, 1.165) is 16.9 Å². The first-order chi connectivity index (χ1) is 7.74. The molecule has 3 nitrogen and oxygen atoms in total. The van der Waals surface area contributed by atoms with Crippen LogP contribution in [-0.2, 0) is 0 Å². The first-order valence-electron chi connectivity index (χ1n) is 5.30. The van der Waals surface area contributed by atoms with E-state index in [4.69, 9.17) is 0 Å². The number of nitrogens with zero attached hydrogens (tertiary/aromatic N) is 2. The van der Waals surface area contributed by atoms with Crippen LogP contribution in [0.1, 0.15) is 11.3 Å². The summed E-state index contributed by atoms with van der Waals surface area (Å²) in [6.45, 7) is 4.06. The summed E-state index contributed by atoms with van der Waals surface area (Å²) in [5, 5.41) is 11.3. The highest BCUT2D eigenvalue weighted by atomic mass is 15.1. The summed E-state index contributed by atoms with van der Waals surface area (Å²) in [6, 6.07) is 8.21. The molecule has 1 heterocycles. The summed E-state index contributed by atoms with van der Waals surface area (Å²) in [5.41, 5.74) is 5.57. The van der Waals surface area contributed by atoms with Crippen molar-refractivity contribution in [3.05, 3.63) is 41.7 Å². The second kappa shape index (κ2) is 4.31. The Bertz CT molecular complexity index is 506. The molecule has 0 saturated carbocycles. The molecular weight excluding hydrogens is 198 g/mol. The quantitative estimate of drug-likeness (QED) is 0.833. The summed E-state index contributed by atoms with van der Waals surface area (Å²) < 4.78 is 0. The lowest BCUT2D eigenvalue weighted by molar-refractivity contribution is 0.964. The molecule has 1 N–H and O–H groups in total. The lowest BCUT2D eigenvalue weighted by Gasteiger charge is -2.11. The van der Waals surface area contributed by atoms with Gasteiger partial charge < -0.3 is 5.32 Å². The summed E-state index contributed by atoms with van der Waals surface area (Å²) >= 11 is 0. The van der Waals surface area contributed by atoms with Crippen molar-refractivity contribution in [2.24, 2.45) is 0 Å². The maximum absolute atomic E-state index is 4.05. The maximum atomic E-state index is 4.05. The van der Waals surface area contributed by atoms with Gasteiger partial charge in [-0.2, -0.15) is 10.2 Å². The fourth-order valence-electron chi connectivity index (χ4n) is 1.75. The molecule has 0 radical (unpaired) electrons. The van der Waals surface area contributed by atoms with E-state index in [-0.39, 0.29) is 0 Å². The minimum Gasteiger partial charge on any atom is -0.388 e. The second-order valence-corrected chi connectivity index (χ2v) is 3.76. The van der Waals surface area contributed by atoms with Gasteiger partial charge in [0.2, 0.25) is 0 Å². The average molecular weight is 213 g/mol. The van der Waals surface area contributed by atoms with E-state index in [1.165, 1.54) is 11.1 Å². The normalized spacial score (nSPS) is 10.2. The molecule has 0 amide bonds. The third-order valence-electron chi connectivity index (χ3n) is 2.83. The van der Waals surface area contributed by atoms with Gasteiger partial charge in [0.25, 0.3) is 0 Å². The Morgan fingerprint density at radius 3 is 2.56 bits per heavy atom. The largest absolute Gasteiger partial charge is 0.388 e. The summed E-state index contributed by atoms with van der Waals surface area (Å²) in [5.74, 6) is 0. The van der Waals surface area contributed by atoms with E-state index in [1.54, 1.807) is 0 Å². The van der Waals surface area contributed by atoms with Crippen LogP contribution in [0.4, 0.5) is 5.69 Å². The molecule has 0 saturated heterocycles. The SMILES string of the molecule is CNc1ccccc1-c1cnnc(C)c1C. The fourth-order valence-corrected chi connectivity index (χ4v) is 1.75. The Morgan fingerprint density at radius 1 is 1.06 bits per heavy atom. The number of benzene rings is 1. The van der Waals surface area contributed by atoms with Crippen LogP contribution in [0.2, 0.25) is 0 Å². The average Bonchev–Trinajstić information content (AvgIpc) is 2.33. The van der Waals surface area contributed by atoms with Gasteiger partial charge in [-0.3, -0.25) is 0 Å². The van der Waals surface area contributed by atoms with Crippen molar-refractivity contribution in [3.8, 4) is 11.1 Å². The molecule has 82 valence electrons. The number of anilines is 1. The lowest BCUT2D eigenvalue weighted by Crippen LogP contribution is -1.97. The monoisotopic (exact) mass is 213 g/mol. The van der Waals surface area contributed by atoms with Crippen LogP contribution in [0.15, 0.2) is 30.5 Å². The number of aryl methyl sites for hydroxylation is 1. The van der Waals surface area contributed by atoms with Crippen LogP contribution in [0.3, 0.4) is 0 Å². The number of para-hydroxylation sites is 1. The molecule has 2 aromatic rings. The van der Waals surface area contributed by atoms with Gasteiger partial charge >= 0.3 is 0 Å². The van der Waals surface area contributed by atoms with Gasteiger partial charge in [0.05, 0.1) is 11.9 Å². The topological polar surface area (TPSA) is 37.8 Å². The highest BCUT2D eigenvalue weighted by Gasteiger charge is 2.08. The van der Waals surface area contributed by atoms with Crippen LogP contribution in [0, 0.1) is 13.8 Å². The highest BCUT2D eigenvalue weighted by Crippen LogP contribution is 2.29. The molecule has 0 aliphatic rings. The zero-order valence-corrected chi connectivity index (χ0v) is 9.78. The van der Waals surface area contributed by atoms with Gasteiger partial charge in [-0.15, -0.1) is 0 Å².